The molecule has 5 nitrogen and oxygen atoms in total. The van der Waals surface area contributed by atoms with Crippen LogP contribution in [-0.2, 0) is 4.79 Å². The van der Waals surface area contributed by atoms with Crippen LogP contribution in [0.2, 0.25) is 0 Å². The van der Waals surface area contributed by atoms with E-state index in [4.69, 9.17) is 0 Å². The van der Waals surface area contributed by atoms with E-state index >= 15 is 0 Å². The molecule has 0 saturated carbocycles. The summed E-state index contributed by atoms with van der Waals surface area (Å²) in [6.07, 6.45) is 0. The van der Waals surface area contributed by atoms with Gasteiger partial charge in [0.1, 0.15) is 0 Å². The Labute approximate surface area is 183 Å². The smallest absolute Gasteiger partial charge is 0.254 e. The summed E-state index contributed by atoms with van der Waals surface area (Å²) in [5.74, 6) is 0.170. The third-order valence-electron chi connectivity index (χ3n) is 6.06. The number of fused-ring (bicyclic) bond motifs is 1. The number of anilines is 1. The zero-order chi connectivity index (χ0) is 21.8. The zero-order valence-electron chi connectivity index (χ0n) is 18.3. The van der Waals surface area contributed by atoms with Crippen molar-refractivity contribution in [2.75, 3.05) is 44.2 Å². The zero-order valence-corrected chi connectivity index (χ0v) is 18.3. The van der Waals surface area contributed by atoms with Gasteiger partial charge in [0, 0.05) is 44.0 Å². The molecule has 1 aliphatic rings. The Morgan fingerprint density at radius 1 is 0.871 bits per heavy atom. The number of carbonyl (C=O) groups is 2. The van der Waals surface area contributed by atoms with Crippen LogP contribution in [-0.4, -0.2) is 60.9 Å². The first-order valence-electron chi connectivity index (χ1n) is 10.9. The molecule has 0 atom stereocenters. The highest BCUT2D eigenvalue weighted by Crippen LogP contribution is 2.22. The van der Waals surface area contributed by atoms with Crippen LogP contribution in [0.3, 0.4) is 0 Å². The van der Waals surface area contributed by atoms with Crippen LogP contribution < -0.4 is 4.90 Å². The maximum Gasteiger partial charge on any atom is 0.254 e. The molecule has 1 fully saturated rings. The summed E-state index contributed by atoms with van der Waals surface area (Å²) in [6, 6.07) is 21.9. The first kappa shape index (κ1) is 21.1. The molecule has 1 saturated heterocycles. The molecule has 5 heteroatoms. The quantitative estimate of drug-likeness (QED) is 0.634. The standard InChI is InChI=1S/C26H29N3O2/c1-3-29(24-14-7-4-9-20(24)2)25(30)19-27-15-17-28(18-16-27)26(31)23-13-8-11-21-10-5-6-12-22(21)23/h4-14H,3,15-19H2,1-2H3. The number of para-hydroxylation sites is 1. The number of aryl methyl sites for hydroxylation is 1. The van der Waals surface area contributed by atoms with Gasteiger partial charge < -0.3 is 9.80 Å². The van der Waals surface area contributed by atoms with E-state index in [0.717, 1.165) is 27.6 Å². The largest absolute Gasteiger partial charge is 0.336 e. The molecule has 1 heterocycles. The Morgan fingerprint density at radius 3 is 2.29 bits per heavy atom. The molecule has 0 aromatic heterocycles. The molecule has 160 valence electrons. The molecule has 31 heavy (non-hydrogen) atoms. The molecule has 0 bridgehead atoms. The van der Waals surface area contributed by atoms with Crippen LogP contribution >= 0.6 is 0 Å². The number of hydrogen-bond acceptors (Lipinski definition) is 3. The van der Waals surface area contributed by atoms with E-state index in [1.807, 2.05) is 90.4 Å². The molecule has 2 amide bonds. The van der Waals surface area contributed by atoms with Crippen molar-refractivity contribution in [1.29, 1.82) is 0 Å². The molecule has 0 unspecified atom stereocenters. The van der Waals surface area contributed by atoms with Gasteiger partial charge in [-0.1, -0.05) is 54.6 Å². The van der Waals surface area contributed by atoms with E-state index in [-0.39, 0.29) is 11.8 Å². The van der Waals surface area contributed by atoms with E-state index in [1.54, 1.807) is 0 Å². The third-order valence-corrected chi connectivity index (χ3v) is 6.06. The fourth-order valence-electron chi connectivity index (χ4n) is 4.32. The van der Waals surface area contributed by atoms with Crippen molar-refractivity contribution in [3.05, 3.63) is 77.9 Å². The summed E-state index contributed by atoms with van der Waals surface area (Å²) >= 11 is 0. The van der Waals surface area contributed by atoms with Crippen molar-refractivity contribution in [2.24, 2.45) is 0 Å². The number of benzene rings is 3. The monoisotopic (exact) mass is 415 g/mol. The summed E-state index contributed by atoms with van der Waals surface area (Å²) in [5.41, 5.74) is 2.82. The van der Waals surface area contributed by atoms with E-state index < -0.39 is 0 Å². The number of amides is 2. The van der Waals surface area contributed by atoms with E-state index in [0.29, 0.717) is 39.3 Å². The van der Waals surface area contributed by atoms with E-state index in [2.05, 4.69) is 4.90 Å². The molecule has 3 aromatic carbocycles. The molecule has 0 aliphatic carbocycles. The first-order valence-corrected chi connectivity index (χ1v) is 10.9. The van der Waals surface area contributed by atoms with Gasteiger partial charge in [-0.25, -0.2) is 0 Å². The van der Waals surface area contributed by atoms with Gasteiger partial charge in [-0.3, -0.25) is 14.5 Å². The molecule has 1 aliphatic heterocycles. The minimum absolute atomic E-state index is 0.0675. The molecular formula is C26H29N3O2. The normalized spacial score (nSPS) is 14.6. The highest BCUT2D eigenvalue weighted by atomic mass is 16.2. The number of carbonyl (C=O) groups excluding carboxylic acids is 2. The molecular weight excluding hydrogens is 386 g/mol. The summed E-state index contributed by atoms with van der Waals surface area (Å²) in [7, 11) is 0. The highest BCUT2D eigenvalue weighted by molar-refractivity contribution is 6.07. The summed E-state index contributed by atoms with van der Waals surface area (Å²) in [4.78, 5) is 32.0. The lowest BCUT2D eigenvalue weighted by atomic mass is 10.0. The second-order valence-electron chi connectivity index (χ2n) is 8.02. The summed E-state index contributed by atoms with van der Waals surface area (Å²) in [5, 5.41) is 2.07. The fraction of sp³-hybridized carbons (Fsp3) is 0.308. The average molecular weight is 416 g/mol. The Bertz CT molecular complexity index is 1080. The topological polar surface area (TPSA) is 43.9 Å². The number of nitrogens with zero attached hydrogens (tertiary/aromatic N) is 3. The van der Waals surface area contributed by atoms with Crippen molar-refractivity contribution in [1.82, 2.24) is 9.80 Å². The van der Waals surface area contributed by atoms with Gasteiger partial charge in [0.15, 0.2) is 0 Å². The third kappa shape index (κ3) is 4.47. The SMILES string of the molecule is CCN(C(=O)CN1CCN(C(=O)c2cccc3ccccc23)CC1)c1ccccc1C. The summed E-state index contributed by atoms with van der Waals surface area (Å²) in [6.45, 7) is 7.72. The Morgan fingerprint density at radius 2 is 1.55 bits per heavy atom. The predicted octanol–water partition coefficient (Wildman–Crippen LogP) is 3.96. The van der Waals surface area contributed by atoms with Crippen molar-refractivity contribution < 1.29 is 9.59 Å². The van der Waals surface area contributed by atoms with Gasteiger partial charge in [0.25, 0.3) is 5.91 Å². The van der Waals surface area contributed by atoms with Gasteiger partial charge in [0.2, 0.25) is 5.91 Å². The molecule has 4 rings (SSSR count). The predicted molar refractivity (Wildman–Crippen MR) is 125 cm³/mol. The van der Waals surface area contributed by atoms with Gasteiger partial charge in [-0.15, -0.1) is 0 Å². The van der Waals surface area contributed by atoms with E-state index in [9.17, 15) is 9.59 Å². The maximum atomic E-state index is 13.2. The second kappa shape index (κ2) is 9.31. The van der Waals surface area contributed by atoms with Crippen molar-refractivity contribution in [3.63, 3.8) is 0 Å². The molecule has 0 radical (unpaired) electrons. The minimum Gasteiger partial charge on any atom is -0.336 e. The van der Waals surface area contributed by atoms with Crippen LogP contribution in [0.15, 0.2) is 66.7 Å². The van der Waals surface area contributed by atoms with Crippen LogP contribution in [0.4, 0.5) is 5.69 Å². The van der Waals surface area contributed by atoms with Gasteiger partial charge >= 0.3 is 0 Å². The summed E-state index contributed by atoms with van der Waals surface area (Å²) < 4.78 is 0. The van der Waals surface area contributed by atoms with Crippen LogP contribution in [0.1, 0.15) is 22.8 Å². The highest BCUT2D eigenvalue weighted by Gasteiger charge is 2.26. The number of likely N-dealkylation sites (N-methyl/N-ethyl adjacent to an activating group) is 1. The Balaban J connectivity index is 1.39. The van der Waals surface area contributed by atoms with Crippen molar-refractivity contribution in [3.8, 4) is 0 Å². The first-order chi connectivity index (χ1) is 15.1. The molecule has 0 spiro atoms. The van der Waals surface area contributed by atoms with E-state index in [1.165, 1.54) is 0 Å². The van der Waals surface area contributed by atoms with Crippen molar-refractivity contribution >= 4 is 28.3 Å². The van der Waals surface area contributed by atoms with Crippen LogP contribution in [0.5, 0.6) is 0 Å². The lowest BCUT2D eigenvalue weighted by Crippen LogP contribution is -2.51. The minimum atomic E-state index is 0.0675. The Kier molecular flexibility index (Phi) is 6.33. The number of rotatable bonds is 5. The van der Waals surface area contributed by atoms with Gasteiger partial charge in [-0.05, 0) is 42.3 Å². The van der Waals surface area contributed by atoms with Gasteiger partial charge in [-0.2, -0.15) is 0 Å². The van der Waals surface area contributed by atoms with Crippen LogP contribution in [0, 0.1) is 6.92 Å². The lowest BCUT2D eigenvalue weighted by molar-refractivity contribution is -0.120. The molecule has 3 aromatic rings. The average Bonchev–Trinajstić information content (AvgIpc) is 2.80. The van der Waals surface area contributed by atoms with Crippen LogP contribution in [0.25, 0.3) is 10.8 Å². The number of piperazine rings is 1. The Hall–Kier alpha value is -3.18. The lowest BCUT2D eigenvalue weighted by Gasteiger charge is -2.35. The molecule has 0 N–H and O–H groups in total. The fourth-order valence-corrected chi connectivity index (χ4v) is 4.32. The number of hydrogen-bond donors (Lipinski definition) is 0. The van der Waals surface area contributed by atoms with Crippen molar-refractivity contribution in [2.45, 2.75) is 13.8 Å². The van der Waals surface area contributed by atoms with Gasteiger partial charge in [0.05, 0.1) is 6.54 Å². The second-order valence-corrected chi connectivity index (χ2v) is 8.02. The maximum absolute atomic E-state index is 13.2.